The first-order valence-electron chi connectivity index (χ1n) is 7.49. The molecule has 0 saturated carbocycles. The molecular formula is C17H19F3N2O2S. The molecule has 136 valence electrons. The molecule has 1 atom stereocenters. The maximum absolute atomic E-state index is 12.8. The lowest BCUT2D eigenvalue weighted by molar-refractivity contribution is -0.137. The van der Waals surface area contributed by atoms with E-state index in [4.69, 9.17) is 0 Å². The molecule has 4 nitrogen and oxygen atoms in total. The summed E-state index contributed by atoms with van der Waals surface area (Å²) in [5, 5.41) is 0. The lowest BCUT2D eigenvalue weighted by Gasteiger charge is -2.23. The summed E-state index contributed by atoms with van der Waals surface area (Å²) in [6.07, 6.45) is -4.60. The Morgan fingerprint density at radius 3 is 2.24 bits per heavy atom. The van der Waals surface area contributed by atoms with Crippen LogP contribution in [0.4, 0.5) is 13.2 Å². The zero-order valence-corrected chi connectivity index (χ0v) is 14.6. The van der Waals surface area contributed by atoms with E-state index in [0.717, 1.165) is 23.8 Å². The summed E-state index contributed by atoms with van der Waals surface area (Å²) in [4.78, 5) is 1.38. The minimum absolute atomic E-state index is 0.363. The summed E-state index contributed by atoms with van der Waals surface area (Å²) in [6.45, 7) is 0.363. The van der Waals surface area contributed by atoms with Crippen LogP contribution in [0.1, 0.15) is 17.2 Å². The second-order valence-electron chi connectivity index (χ2n) is 5.87. The molecule has 0 aliphatic carbocycles. The molecule has 0 fully saturated rings. The zero-order chi connectivity index (χ0) is 18.7. The third kappa shape index (κ3) is 5.29. The minimum atomic E-state index is -4.60. The van der Waals surface area contributed by atoms with Gasteiger partial charge in [0, 0.05) is 6.54 Å². The second kappa shape index (κ2) is 7.55. The van der Waals surface area contributed by atoms with Gasteiger partial charge in [-0.25, -0.2) is 13.1 Å². The molecule has 0 radical (unpaired) electrons. The van der Waals surface area contributed by atoms with Crippen LogP contribution in [-0.4, -0.2) is 34.0 Å². The number of nitrogens with zero attached hydrogens (tertiary/aromatic N) is 1. The van der Waals surface area contributed by atoms with E-state index in [9.17, 15) is 21.6 Å². The fourth-order valence-electron chi connectivity index (χ4n) is 2.36. The molecule has 2 rings (SSSR count). The van der Waals surface area contributed by atoms with E-state index < -0.39 is 32.7 Å². The van der Waals surface area contributed by atoms with Gasteiger partial charge in [-0.1, -0.05) is 36.4 Å². The molecule has 0 spiro atoms. The summed E-state index contributed by atoms with van der Waals surface area (Å²) < 4.78 is 66.2. The molecule has 8 heteroatoms. The Morgan fingerprint density at radius 2 is 1.68 bits per heavy atom. The molecule has 0 aliphatic heterocycles. The van der Waals surface area contributed by atoms with Gasteiger partial charge in [0.05, 0.1) is 16.5 Å². The van der Waals surface area contributed by atoms with Crippen LogP contribution >= 0.6 is 0 Å². The van der Waals surface area contributed by atoms with Crippen molar-refractivity contribution in [2.45, 2.75) is 17.1 Å². The van der Waals surface area contributed by atoms with Gasteiger partial charge in [-0.05, 0) is 37.9 Å². The van der Waals surface area contributed by atoms with Crippen molar-refractivity contribution in [1.29, 1.82) is 0 Å². The van der Waals surface area contributed by atoms with Gasteiger partial charge in [0.1, 0.15) is 0 Å². The van der Waals surface area contributed by atoms with Crippen LogP contribution in [0.25, 0.3) is 0 Å². The van der Waals surface area contributed by atoms with Crippen LogP contribution < -0.4 is 4.72 Å². The quantitative estimate of drug-likeness (QED) is 0.847. The van der Waals surface area contributed by atoms with Crippen LogP contribution in [-0.2, 0) is 16.2 Å². The van der Waals surface area contributed by atoms with Gasteiger partial charge in [-0.3, -0.25) is 0 Å². The Hall–Kier alpha value is -1.90. The topological polar surface area (TPSA) is 49.4 Å². The number of alkyl halides is 3. The van der Waals surface area contributed by atoms with E-state index in [2.05, 4.69) is 4.72 Å². The maximum atomic E-state index is 12.8. The fraction of sp³-hybridized carbons (Fsp3) is 0.294. The van der Waals surface area contributed by atoms with Gasteiger partial charge in [-0.15, -0.1) is 0 Å². The summed E-state index contributed by atoms with van der Waals surface area (Å²) in [5.74, 6) is 0. The Bertz CT molecular complexity index is 806. The average molecular weight is 372 g/mol. The predicted octanol–water partition coefficient (Wildman–Crippen LogP) is 3.29. The summed E-state index contributed by atoms with van der Waals surface area (Å²) >= 11 is 0. The zero-order valence-electron chi connectivity index (χ0n) is 13.8. The number of benzene rings is 2. The van der Waals surface area contributed by atoms with E-state index in [1.54, 1.807) is 49.3 Å². The van der Waals surface area contributed by atoms with E-state index in [0.29, 0.717) is 12.6 Å². The number of nitrogens with one attached hydrogen (secondary N) is 1. The van der Waals surface area contributed by atoms with Crippen molar-refractivity contribution >= 4 is 10.0 Å². The lowest BCUT2D eigenvalue weighted by Crippen LogP contribution is -2.35. The van der Waals surface area contributed by atoms with Crippen molar-refractivity contribution in [3.8, 4) is 0 Å². The Labute approximate surface area is 145 Å². The SMILES string of the molecule is CN(C)CC(NS(=O)(=O)c1cccc(C(F)(F)F)c1)c1ccccc1. The van der Waals surface area contributed by atoms with E-state index in [1.165, 1.54) is 0 Å². The van der Waals surface area contributed by atoms with Crippen LogP contribution in [0.2, 0.25) is 0 Å². The van der Waals surface area contributed by atoms with Crippen LogP contribution in [0.3, 0.4) is 0 Å². The number of halogens is 3. The van der Waals surface area contributed by atoms with Gasteiger partial charge in [-0.2, -0.15) is 13.2 Å². The Balaban J connectivity index is 2.35. The highest BCUT2D eigenvalue weighted by Gasteiger charge is 2.32. The third-order valence-electron chi connectivity index (χ3n) is 3.52. The van der Waals surface area contributed by atoms with Gasteiger partial charge in [0.15, 0.2) is 0 Å². The monoisotopic (exact) mass is 372 g/mol. The van der Waals surface area contributed by atoms with Crippen molar-refractivity contribution in [3.05, 3.63) is 65.7 Å². The van der Waals surface area contributed by atoms with E-state index in [-0.39, 0.29) is 0 Å². The molecule has 0 heterocycles. The van der Waals surface area contributed by atoms with Crippen molar-refractivity contribution < 1.29 is 21.6 Å². The number of hydrogen-bond acceptors (Lipinski definition) is 3. The predicted molar refractivity (Wildman–Crippen MR) is 89.5 cm³/mol. The Morgan fingerprint density at radius 1 is 1.04 bits per heavy atom. The van der Waals surface area contributed by atoms with Gasteiger partial charge in [0.25, 0.3) is 0 Å². The van der Waals surface area contributed by atoms with Gasteiger partial charge < -0.3 is 4.90 Å². The standard InChI is InChI=1S/C17H19F3N2O2S/c1-22(2)12-16(13-7-4-3-5-8-13)21-25(23,24)15-10-6-9-14(11-15)17(18,19)20/h3-11,16,21H,12H2,1-2H3. The van der Waals surface area contributed by atoms with E-state index in [1.807, 2.05) is 0 Å². The smallest absolute Gasteiger partial charge is 0.307 e. The first-order valence-corrected chi connectivity index (χ1v) is 8.97. The molecule has 0 amide bonds. The molecule has 0 aromatic heterocycles. The Kier molecular flexibility index (Phi) is 5.87. The molecule has 2 aromatic carbocycles. The van der Waals surface area contributed by atoms with Crippen molar-refractivity contribution in [2.75, 3.05) is 20.6 Å². The first kappa shape index (κ1) is 19.4. The highest BCUT2D eigenvalue weighted by molar-refractivity contribution is 7.89. The highest BCUT2D eigenvalue weighted by Crippen LogP contribution is 2.30. The van der Waals surface area contributed by atoms with Gasteiger partial charge >= 0.3 is 6.18 Å². The normalized spacial score (nSPS) is 13.8. The molecule has 25 heavy (non-hydrogen) atoms. The maximum Gasteiger partial charge on any atom is 0.416 e. The lowest BCUT2D eigenvalue weighted by atomic mass is 10.1. The largest absolute Gasteiger partial charge is 0.416 e. The molecule has 2 aromatic rings. The van der Waals surface area contributed by atoms with Gasteiger partial charge in [0.2, 0.25) is 10.0 Å². The third-order valence-corrected chi connectivity index (χ3v) is 4.99. The van der Waals surface area contributed by atoms with Crippen molar-refractivity contribution in [2.24, 2.45) is 0 Å². The van der Waals surface area contributed by atoms with Crippen molar-refractivity contribution in [3.63, 3.8) is 0 Å². The average Bonchev–Trinajstić information content (AvgIpc) is 2.54. The molecule has 0 aliphatic rings. The molecular weight excluding hydrogens is 353 g/mol. The second-order valence-corrected chi connectivity index (χ2v) is 7.59. The van der Waals surface area contributed by atoms with Crippen LogP contribution in [0, 0.1) is 0 Å². The molecule has 1 unspecified atom stereocenters. The van der Waals surface area contributed by atoms with Crippen molar-refractivity contribution in [1.82, 2.24) is 9.62 Å². The summed E-state index contributed by atoms with van der Waals surface area (Å²) in [6, 6.07) is 12.0. The van der Waals surface area contributed by atoms with E-state index >= 15 is 0 Å². The van der Waals surface area contributed by atoms with Crippen LogP contribution in [0.15, 0.2) is 59.5 Å². The summed E-state index contributed by atoms with van der Waals surface area (Å²) in [5.41, 5.74) is -0.272. The number of sulfonamides is 1. The number of likely N-dealkylation sites (N-methyl/N-ethyl adjacent to an activating group) is 1. The number of rotatable bonds is 6. The molecule has 0 bridgehead atoms. The molecule has 0 saturated heterocycles. The fourth-order valence-corrected chi connectivity index (χ4v) is 3.62. The van der Waals surface area contributed by atoms with Crippen LogP contribution in [0.5, 0.6) is 0 Å². The highest BCUT2D eigenvalue weighted by atomic mass is 32.2. The minimum Gasteiger partial charge on any atom is -0.307 e. The summed E-state index contributed by atoms with van der Waals surface area (Å²) in [7, 11) is -0.540. The number of hydrogen-bond donors (Lipinski definition) is 1. The first-order chi connectivity index (χ1) is 11.6. The molecule has 1 N–H and O–H groups in total.